The van der Waals surface area contributed by atoms with Crippen molar-refractivity contribution in [2.45, 2.75) is 46.0 Å². The molecule has 0 saturated heterocycles. The summed E-state index contributed by atoms with van der Waals surface area (Å²) < 4.78 is 0. The van der Waals surface area contributed by atoms with Crippen molar-refractivity contribution in [3.63, 3.8) is 0 Å². The van der Waals surface area contributed by atoms with Crippen LogP contribution in [0.15, 0.2) is 24.3 Å². The van der Waals surface area contributed by atoms with E-state index in [0.29, 0.717) is 0 Å². The van der Waals surface area contributed by atoms with E-state index in [2.05, 4.69) is 54.1 Å². The van der Waals surface area contributed by atoms with E-state index in [1.54, 1.807) is 0 Å². The van der Waals surface area contributed by atoms with Crippen LogP contribution in [0.2, 0.25) is 0 Å². The molecule has 3 N–H and O–H groups in total. The van der Waals surface area contributed by atoms with Crippen LogP contribution in [0, 0.1) is 0 Å². The fourth-order valence-electron chi connectivity index (χ4n) is 1.85. The van der Waals surface area contributed by atoms with Gasteiger partial charge in [-0.2, -0.15) is 0 Å². The maximum absolute atomic E-state index is 3.45. The third-order valence-corrected chi connectivity index (χ3v) is 3.09. The average molecular weight is 281 g/mol. The first-order valence-electron chi connectivity index (χ1n) is 8.34. The van der Waals surface area contributed by atoms with Crippen molar-refractivity contribution < 1.29 is 0 Å². The van der Waals surface area contributed by atoms with Crippen LogP contribution in [0.4, 0.5) is 0 Å². The molecular formula is C17H35N3. The molecule has 0 rings (SSSR count). The van der Waals surface area contributed by atoms with Gasteiger partial charge >= 0.3 is 0 Å². The van der Waals surface area contributed by atoms with E-state index >= 15 is 0 Å². The predicted molar refractivity (Wildman–Crippen MR) is 91.3 cm³/mol. The van der Waals surface area contributed by atoms with Crippen molar-refractivity contribution in [1.82, 2.24) is 16.0 Å². The first-order chi connectivity index (χ1) is 9.91. The Balaban J connectivity index is 3.10. The van der Waals surface area contributed by atoms with Gasteiger partial charge in [-0.15, -0.1) is 0 Å². The molecule has 0 unspecified atom stereocenters. The highest BCUT2D eigenvalue weighted by molar-refractivity contribution is 4.89. The lowest BCUT2D eigenvalue weighted by molar-refractivity contribution is 0.600. The van der Waals surface area contributed by atoms with Gasteiger partial charge in [-0.05, 0) is 19.5 Å². The van der Waals surface area contributed by atoms with E-state index in [9.17, 15) is 0 Å². The maximum atomic E-state index is 3.45. The van der Waals surface area contributed by atoms with Crippen molar-refractivity contribution in [1.29, 1.82) is 0 Å². The van der Waals surface area contributed by atoms with Crippen molar-refractivity contribution in [2.75, 3.05) is 39.3 Å². The molecule has 0 saturated carbocycles. The molecule has 0 spiro atoms. The molecule has 0 fully saturated rings. The zero-order chi connectivity index (χ0) is 14.7. The third-order valence-electron chi connectivity index (χ3n) is 3.09. The lowest BCUT2D eigenvalue weighted by Gasteiger charge is -2.01. The number of rotatable bonds is 15. The number of nitrogens with one attached hydrogen (secondary N) is 3. The van der Waals surface area contributed by atoms with Gasteiger partial charge in [0.25, 0.3) is 0 Å². The SMILES string of the molecule is CCCCCCCNC/C=C\CNC/C=C\CNCC. The Kier molecular flexibility index (Phi) is 17.8. The summed E-state index contributed by atoms with van der Waals surface area (Å²) in [6, 6.07) is 0. The monoisotopic (exact) mass is 281 g/mol. The molecule has 0 amide bonds. The minimum Gasteiger partial charge on any atom is -0.314 e. The van der Waals surface area contributed by atoms with Gasteiger partial charge in [0, 0.05) is 26.2 Å². The van der Waals surface area contributed by atoms with E-state index in [-0.39, 0.29) is 0 Å². The van der Waals surface area contributed by atoms with E-state index in [1.165, 1.54) is 32.1 Å². The Bertz CT molecular complexity index is 224. The van der Waals surface area contributed by atoms with Crippen LogP contribution in [-0.4, -0.2) is 39.3 Å². The van der Waals surface area contributed by atoms with Gasteiger partial charge in [-0.1, -0.05) is 63.8 Å². The molecule has 0 aromatic carbocycles. The van der Waals surface area contributed by atoms with Gasteiger partial charge in [0.1, 0.15) is 0 Å². The number of hydrogen-bond acceptors (Lipinski definition) is 3. The molecule has 0 aliphatic rings. The summed E-state index contributed by atoms with van der Waals surface area (Å²) in [5, 5.41) is 10.1. The lowest BCUT2D eigenvalue weighted by Crippen LogP contribution is -2.17. The minimum absolute atomic E-state index is 0.945. The second kappa shape index (κ2) is 18.4. The lowest BCUT2D eigenvalue weighted by atomic mass is 10.1. The molecule has 0 aromatic rings. The Hall–Kier alpha value is -0.640. The number of likely N-dealkylation sites (N-methyl/N-ethyl adjacent to an activating group) is 1. The van der Waals surface area contributed by atoms with Crippen LogP contribution in [0.25, 0.3) is 0 Å². The number of unbranched alkanes of at least 4 members (excludes halogenated alkanes) is 4. The van der Waals surface area contributed by atoms with Gasteiger partial charge in [-0.3, -0.25) is 0 Å². The highest BCUT2D eigenvalue weighted by Gasteiger charge is 1.87. The molecule has 20 heavy (non-hydrogen) atoms. The van der Waals surface area contributed by atoms with Gasteiger partial charge in [-0.25, -0.2) is 0 Å². The summed E-state index contributed by atoms with van der Waals surface area (Å²) in [5.74, 6) is 0. The van der Waals surface area contributed by atoms with E-state index in [1.807, 2.05) is 0 Å². The quantitative estimate of drug-likeness (QED) is 0.319. The molecular weight excluding hydrogens is 246 g/mol. The van der Waals surface area contributed by atoms with Gasteiger partial charge in [0.15, 0.2) is 0 Å². The van der Waals surface area contributed by atoms with Crippen LogP contribution in [-0.2, 0) is 0 Å². The highest BCUT2D eigenvalue weighted by Crippen LogP contribution is 2.00. The molecule has 0 atom stereocenters. The van der Waals surface area contributed by atoms with Crippen molar-refractivity contribution in [2.24, 2.45) is 0 Å². The fourth-order valence-corrected chi connectivity index (χ4v) is 1.85. The van der Waals surface area contributed by atoms with Gasteiger partial charge in [0.05, 0.1) is 0 Å². The van der Waals surface area contributed by atoms with Gasteiger partial charge in [0.2, 0.25) is 0 Å². The molecule has 3 nitrogen and oxygen atoms in total. The molecule has 0 radical (unpaired) electrons. The molecule has 0 bridgehead atoms. The Morgan fingerprint density at radius 1 is 0.600 bits per heavy atom. The van der Waals surface area contributed by atoms with Crippen LogP contribution in [0.5, 0.6) is 0 Å². The molecule has 0 heterocycles. The maximum Gasteiger partial charge on any atom is 0.0138 e. The van der Waals surface area contributed by atoms with Crippen LogP contribution >= 0.6 is 0 Å². The van der Waals surface area contributed by atoms with E-state index < -0.39 is 0 Å². The smallest absolute Gasteiger partial charge is 0.0138 e. The van der Waals surface area contributed by atoms with Crippen molar-refractivity contribution in [3.8, 4) is 0 Å². The molecule has 0 aliphatic carbocycles. The summed E-state index contributed by atoms with van der Waals surface area (Å²) in [4.78, 5) is 0. The Morgan fingerprint density at radius 2 is 1.15 bits per heavy atom. The molecule has 0 aromatic heterocycles. The second-order valence-electron chi connectivity index (χ2n) is 5.03. The first-order valence-corrected chi connectivity index (χ1v) is 8.34. The zero-order valence-electron chi connectivity index (χ0n) is 13.6. The normalized spacial score (nSPS) is 11.9. The molecule has 118 valence electrons. The third kappa shape index (κ3) is 17.4. The van der Waals surface area contributed by atoms with Crippen molar-refractivity contribution in [3.05, 3.63) is 24.3 Å². The highest BCUT2D eigenvalue weighted by atomic mass is 14.9. The van der Waals surface area contributed by atoms with E-state index in [0.717, 1.165) is 39.3 Å². The molecule has 0 aliphatic heterocycles. The van der Waals surface area contributed by atoms with Crippen LogP contribution in [0.1, 0.15) is 46.0 Å². The predicted octanol–water partition coefficient (Wildman–Crippen LogP) is 2.86. The second-order valence-corrected chi connectivity index (χ2v) is 5.03. The summed E-state index contributed by atoms with van der Waals surface area (Å²) in [5.41, 5.74) is 0. The summed E-state index contributed by atoms with van der Waals surface area (Å²) in [6.45, 7) is 10.4. The topological polar surface area (TPSA) is 36.1 Å². The fraction of sp³-hybridized carbons (Fsp3) is 0.765. The Labute approximate surface area is 126 Å². The summed E-state index contributed by atoms with van der Waals surface area (Å²) >= 11 is 0. The zero-order valence-corrected chi connectivity index (χ0v) is 13.6. The molecule has 3 heteroatoms. The standard InChI is InChI=1S/C17H35N3/c1-3-5-6-7-8-14-19-16-11-12-17-20-15-10-9-13-18-4-2/h9-12,18-20H,3-8,13-17H2,1-2H3/b10-9-,12-11-. The largest absolute Gasteiger partial charge is 0.314 e. The summed E-state index contributed by atoms with van der Waals surface area (Å²) in [7, 11) is 0. The van der Waals surface area contributed by atoms with Crippen molar-refractivity contribution >= 4 is 0 Å². The minimum atomic E-state index is 0.945. The van der Waals surface area contributed by atoms with E-state index in [4.69, 9.17) is 0 Å². The summed E-state index contributed by atoms with van der Waals surface area (Å²) in [6.07, 6.45) is 15.5. The Morgan fingerprint density at radius 3 is 1.75 bits per heavy atom. The van der Waals surface area contributed by atoms with Crippen LogP contribution in [0.3, 0.4) is 0 Å². The average Bonchev–Trinajstić information content (AvgIpc) is 2.47. The van der Waals surface area contributed by atoms with Gasteiger partial charge < -0.3 is 16.0 Å². The number of hydrogen-bond donors (Lipinski definition) is 3. The first kappa shape index (κ1) is 19.4. The van der Waals surface area contributed by atoms with Crippen LogP contribution < -0.4 is 16.0 Å².